The summed E-state index contributed by atoms with van der Waals surface area (Å²) in [7, 11) is 0. The van der Waals surface area contributed by atoms with Gasteiger partial charge in [-0.2, -0.15) is 15.6 Å². The molecule has 0 aliphatic rings. The van der Waals surface area contributed by atoms with Gasteiger partial charge in [0.1, 0.15) is 17.5 Å². The molecule has 0 fully saturated rings. The number of hydrogen-bond donors (Lipinski definition) is 1. The van der Waals surface area contributed by atoms with Gasteiger partial charge in [0, 0.05) is 17.2 Å². The molecule has 7 nitrogen and oxygen atoms in total. The van der Waals surface area contributed by atoms with E-state index >= 15 is 0 Å². The zero-order valence-electron chi connectivity index (χ0n) is 15.3. The van der Waals surface area contributed by atoms with Crippen molar-refractivity contribution in [3.63, 3.8) is 0 Å². The highest BCUT2D eigenvalue weighted by Crippen LogP contribution is 2.32. The van der Waals surface area contributed by atoms with Crippen LogP contribution in [0.25, 0.3) is 28.2 Å². The van der Waals surface area contributed by atoms with Crippen LogP contribution in [0.2, 0.25) is 0 Å². The van der Waals surface area contributed by atoms with Gasteiger partial charge >= 0.3 is 0 Å². The Kier molecular flexibility index (Phi) is 4.71. The van der Waals surface area contributed by atoms with Gasteiger partial charge in [0.25, 0.3) is 0 Å². The summed E-state index contributed by atoms with van der Waals surface area (Å²) in [5.41, 5.74) is 9.64. The van der Waals surface area contributed by atoms with Gasteiger partial charge in [-0.25, -0.2) is 14.5 Å². The van der Waals surface area contributed by atoms with Crippen molar-refractivity contribution in [1.29, 1.82) is 10.5 Å². The second-order valence-electron chi connectivity index (χ2n) is 6.24. The predicted molar refractivity (Wildman–Crippen MR) is 110 cm³/mol. The minimum atomic E-state index is -0.0487. The quantitative estimate of drug-likeness (QED) is 0.428. The van der Waals surface area contributed by atoms with Gasteiger partial charge in [-0.1, -0.05) is 60.7 Å². The minimum Gasteiger partial charge on any atom is -0.386 e. The van der Waals surface area contributed by atoms with E-state index < -0.39 is 0 Å². The molecular weight excluding hydrogens is 362 g/mol. The highest BCUT2D eigenvalue weighted by molar-refractivity contribution is 5.86. The molecular formula is C22H15N7. The molecule has 2 heterocycles. The molecule has 0 unspecified atom stereocenters. The Labute approximate surface area is 167 Å². The molecule has 2 aromatic carbocycles. The number of rotatable bonds is 4. The summed E-state index contributed by atoms with van der Waals surface area (Å²) in [6, 6.07) is 25.1. The molecule has 0 saturated heterocycles. The summed E-state index contributed by atoms with van der Waals surface area (Å²) in [5, 5.41) is 23.4. The first-order valence-corrected chi connectivity index (χ1v) is 8.86. The van der Waals surface area contributed by atoms with E-state index in [2.05, 4.69) is 16.0 Å². The average Bonchev–Trinajstić information content (AvgIpc) is 3.18. The molecule has 0 aliphatic heterocycles. The van der Waals surface area contributed by atoms with E-state index in [1.807, 2.05) is 72.8 Å². The largest absolute Gasteiger partial charge is 0.386 e. The molecule has 0 aliphatic carbocycles. The molecule has 138 valence electrons. The van der Waals surface area contributed by atoms with Crippen molar-refractivity contribution in [2.24, 2.45) is 10.7 Å². The van der Waals surface area contributed by atoms with E-state index in [0.717, 1.165) is 16.8 Å². The van der Waals surface area contributed by atoms with Crippen molar-refractivity contribution >= 4 is 17.3 Å². The molecule has 2 N–H and O–H groups in total. The molecule has 0 bridgehead atoms. The fraction of sp³-hybridized carbons (Fsp3) is 0.0455. The van der Waals surface area contributed by atoms with Crippen LogP contribution in [0.4, 0.5) is 5.82 Å². The fourth-order valence-corrected chi connectivity index (χ4v) is 3.04. The molecule has 2 aromatic heterocycles. The van der Waals surface area contributed by atoms with Crippen molar-refractivity contribution in [3.8, 4) is 34.7 Å². The lowest BCUT2D eigenvalue weighted by atomic mass is 10.1. The number of nitrogens with two attached hydrogens (primary N) is 1. The minimum absolute atomic E-state index is 0.0487. The third-order valence-corrected chi connectivity index (χ3v) is 4.32. The standard InChI is InChI=1S/C22H15N7/c23-12-11-19(25)26-22-17(14-24)21(16-9-5-2-6-10-16)29-20(27-22)13-18(28-29)15-7-3-1-4-8-15/h1-10,13H,11H2,(H2,25,26,27). The zero-order chi connectivity index (χ0) is 20.2. The monoisotopic (exact) mass is 377 g/mol. The lowest BCUT2D eigenvalue weighted by Crippen LogP contribution is -2.10. The Morgan fingerprint density at radius 3 is 2.28 bits per heavy atom. The third-order valence-electron chi connectivity index (χ3n) is 4.32. The third kappa shape index (κ3) is 3.41. The number of aliphatic imine (C=N–C) groups is 1. The highest BCUT2D eigenvalue weighted by Gasteiger charge is 2.19. The van der Waals surface area contributed by atoms with Crippen molar-refractivity contribution in [2.75, 3.05) is 0 Å². The molecule has 0 radical (unpaired) electrons. The first kappa shape index (κ1) is 17.9. The normalized spacial score (nSPS) is 11.2. The average molecular weight is 377 g/mol. The SMILES string of the molecule is N#CCC(N)=Nc1nc2cc(-c3ccccc3)nn2c(-c2ccccc2)c1C#N. The highest BCUT2D eigenvalue weighted by atomic mass is 15.3. The van der Waals surface area contributed by atoms with E-state index in [0.29, 0.717) is 11.3 Å². The van der Waals surface area contributed by atoms with Gasteiger partial charge in [0.15, 0.2) is 11.5 Å². The molecule has 29 heavy (non-hydrogen) atoms. The van der Waals surface area contributed by atoms with Crippen molar-refractivity contribution < 1.29 is 0 Å². The lowest BCUT2D eigenvalue weighted by molar-refractivity contribution is 0.946. The van der Waals surface area contributed by atoms with Crippen LogP contribution in [-0.2, 0) is 0 Å². The number of aromatic nitrogens is 3. The van der Waals surface area contributed by atoms with Crippen LogP contribution < -0.4 is 5.73 Å². The van der Waals surface area contributed by atoms with Crippen LogP contribution in [0, 0.1) is 22.7 Å². The molecule has 0 spiro atoms. The Morgan fingerprint density at radius 1 is 1.00 bits per heavy atom. The Bertz CT molecular complexity index is 1290. The Balaban J connectivity index is 2.04. The first-order valence-electron chi connectivity index (χ1n) is 8.86. The van der Waals surface area contributed by atoms with E-state index in [1.165, 1.54) is 0 Å². The Hall–Kier alpha value is -4.49. The molecule has 7 heteroatoms. The number of benzene rings is 2. The first-order chi connectivity index (χ1) is 14.2. The van der Waals surface area contributed by atoms with Gasteiger partial charge in [-0.15, -0.1) is 0 Å². The van der Waals surface area contributed by atoms with Crippen LogP contribution in [0.15, 0.2) is 71.7 Å². The summed E-state index contributed by atoms with van der Waals surface area (Å²) < 4.78 is 1.65. The summed E-state index contributed by atoms with van der Waals surface area (Å²) in [5.74, 6) is 0.272. The molecule has 0 atom stereocenters. The summed E-state index contributed by atoms with van der Waals surface area (Å²) in [6.07, 6.45) is -0.0487. The fourth-order valence-electron chi connectivity index (χ4n) is 3.04. The van der Waals surface area contributed by atoms with E-state index in [9.17, 15) is 5.26 Å². The maximum absolute atomic E-state index is 9.88. The molecule has 0 amide bonds. The van der Waals surface area contributed by atoms with Crippen molar-refractivity contribution in [1.82, 2.24) is 14.6 Å². The number of fused-ring (bicyclic) bond motifs is 1. The van der Waals surface area contributed by atoms with Crippen molar-refractivity contribution in [2.45, 2.75) is 6.42 Å². The van der Waals surface area contributed by atoms with Gasteiger partial charge in [0.05, 0.1) is 23.9 Å². The number of hydrogen-bond acceptors (Lipinski definition) is 5. The zero-order valence-corrected chi connectivity index (χ0v) is 15.3. The van der Waals surface area contributed by atoms with Crippen LogP contribution in [0.5, 0.6) is 0 Å². The van der Waals surface area contributed by atoms with Gasteiger partial charge in [-0.3, -0.25) is 0 Å². The van der Waals surface area contributed by atoms with Gasteiger partial charge in [-0.05, 0) is 0 Å². The summed E-state index contributed by atoms with van der Waals surface area (Å²) >= 11 is 0. The summed E-state index contributed by atoms with van der Waals surface area (Å²) in [4.78, 5) is 8.74. The van der Waals surface area contributed by atoms with E-state index in [1.54, 1.807) is 4.52 Å². The van der Waals surface area contributed by atoms with Crippen LogP contribution >= 0.6 is 0 Å². The van der Waals surface area contributed by atoms with Crippen molar-refractivity contribution in [3.05, 3.63) is 72.3 Å². The summed E-state index contributed by atoms with van der Waals surface area (Å²) in [6.45, 7) is 0. The van der Waals surface area contributed by atoms with Gasteiger partial charge < -0.3 is 5.73 Å². The Morgan fingerprint density at radius 2 is 1.66 bits per heavy atom. The van der Waals surface area contributed by atoms with Crippen LogP contribution in [0.1, 0.15) is 12.0 Å². The molecule has 4 rings (SSSR count). The van der Waals surface area contributed by atoms with Crippen LogP contribution in [0.3, 0.4) is 0 Å². The molecule has 0 saturated carbocycles. The van der Waals surface area contributed by atoms with Crippen LogP contribution in [-0.4, -0.2) is 20.4 Å². The smallest absolute Gasteiger partial charge is 0.176 e. The predicted octanol–water partition coefficient (Wildman–Crippen LogP) is 3.84. The topological polar surface area (TPSA) is 116 Å². The maximum Gasteiger partial charge on any atom is 0.176 e. The van der Waals surface area contributed by atoms with E-state index in [-0.39, 0.29) is 23.6 Å². The molecule has 4 aromatic rings. The van der Waals surface area contributed by atoms with E-state index in [4.69, 9.17) is 16.1 Å². The number of amidine groups is 1. The lowest BCUT2D eigenvalue weighted by Gasteiger charge is -2.09. The number of nitriles is 2. The van der Waals surface area contributed by atoms with Gasteiger partial charge in [0.2, 0.25) is 0 Å². The number of nitrogens with zero attached hydrogens (tertiary/aromatic N) is 6. The maximum atomic E-state index is 9.88. The second kappa shape index (κ2) is 7.63. The second-order valence-corrected chi connectivity index (χ2v) is 6.24.